The summed E-state index contributed by atoms with van der Waals surface area (Å²) in [6, 6.07) is 3.58. The number of Topliss-reactive ketones (excluding diaryl/α,β-unsaturated/α-hetero) is 1. The predicted octanol–water partition coefficient (Wildman–Crippen LogP) is 0.963. The van der Waals surface area contributed by atoms with Gasteiger partial charge < -0.3 is 10.6 Å². The lowest BCUT2D eigenvalue weighted by Gasteiger charge is -2.04. The number of rotatable bonds is 9. The smallest absolute Gasteiger partial charge is 0.220 e. The Morgan fingerprint density at radius 3 is 2.78 bits per heavy atom. The first-order valence-corrected chi connectivity index (χ1v) is 6.62. The average Bonchev–Trinajstić information content (AvgIpc) is 2.89. The summed E-state index contributed by atoms with van der Waals surface area (Å²) >= 11 is 1.39. The van der Waals surface area contributed by atoms with Gasteiger partial charge in [0.05, 0.1) is 4.88 Å². The lowest BCUT2D eigenvalue weighted by Crippen LogP contribution is -2.27. The number of carbonyl (C=O) groups is 3. The van der Waals surface area contributed by atoms with E-state index in [1.165, 1.54) is 11.3 Å². The van der Waals surface area contributed by atoms with Gasteiger partial charge in [0.25, 0.3) is 0 Å². The molecule has 0 aliphatic carbocycles. The van der Waals surface area contributed by atoms with E-state index in [4.69, 9.17) is 0 Å². The summed E-state index contributed by atoms with van der Waals surface area (Å²) in [7, 11) is 0. The molecule has 1 aromatic rings. The third-order valence-corrected chi connectivity index (χ3v) is 3.19. The van der Waals surface area contributed by atoms with E-state index >= 15 is 0 Å². The van der Waals surface area contributed by atoms with Gasteiger partial charge in [0.1, 0.15) is 0 Å². The van der Waals surface area contributed by atoms with Crippen LogP contribution in [0.4, 0.5) is 0 Å². The summed E-state index contributed by atoms with van der Waals surface area (Å²) in [5.74, 6) is -0.131. The molecule has 5 nitrogen and oxygen atoms in total. The Labute approximate surface area is 110 Å². The molecule has 0 bridgehead atoms. The Hall–Kier alpha value is -1.69. The zero-order valence-corrected chi connectivity index (χ0v) is 10.8. The highest BCUT2D eigenvalue weighted by molar-refractivity contribution is 7.12. The van der Waals surface area contributed by atoms with E-state index in [9.17, 15) is 14.4 Å². The number of hydrogen-bond donors (Lipinski definition) is 2. The van der Waals surface area contributed by atoms with Gasteiger partial charge in [0, 0.05) is 25.9 Å². The minimum atomic E-state index is -0.133. The third kappa shape index (κ3) is 5.58. The fourth-order valence-electron chi connectivity index (χ4n) is 1.35. The maximum atomic E-state index is 11.6. The highest BCUT2D eigenvalue weighted by Gasteiger charge is 2.09. The topological polar surface area (TPSA) is 75.3 Å². The van der Waals surface area contributed by atoms with Gasteiger partial charge in [-0.2, -0.15) is 0 Å². The van der Waals surface area contributed by atoms with E-state index in [-0.39, 0.29) is 24.5 Å². The first kappa shape index (κ1) is 14.4. The van der Waals surface area contributed by atoms with Gasteiger partial charge in [-0.1, -0.05) is 6.07 Å². The van der Waals surface area contributed by atoms with Gasteiger partial charge in [0.15, 0.2) is 5.78 Å². The van der Waals surface area contributed by atoms with Crippen molar-refractivity contribution in [1.82, 2.24) is 10.6 Å². The minimum absolute atomic E-state index is 0.00257. The molecule has 98 valence electrons. The molecule has 0 atom stereocenters. The monoisotopic (exact) mass is 268 g/mol. The number of carbonyl (C=O) groups excluding carboxylic acids is 3. The number of ketones is 1. The van der Waals surface area contributed by atoms with E-state index in [0.717, 1.165) is 0 Å². The molecular weight excluding hydrogens is 252 g/mol. The molecule has 0 unspecified atom stereocenters. The minimum Gasteiger partial charge on any atom is -0.359 e. The first-order chi connectivity index (χ1) is 8.74. The Balaban J connectivity index is 2.10. The van der Waals surface area contributed by atoms with Crippen molar-refractivity contribution in [2.24, 2.45) is 0 Å². The van der Waals surface area contributed by atoms with E-state index in [1.54, 1.807) is 6.07 Å². The van der Waals surface area contributed by atoms with Gasteiger partial charge in [-0.25, -0.2) is 0 Å². The Bertz CT molecular complexity index is 390. The fourth-order valence-corrected chi connectivity index (χ4v) is 2.05. The van der Waals surface area contributed by atoms with Crippen molar-refractivity contribution in [2.45, 2.75) is 19.3 Å². The molecule has 0 aromatic carbocycles. The highest BCUT2D eigenvalue weighted by atomic mass is 32.1. The van der Waals surface area contributed by atoms with Crippen molar-refractivity contribution in [3.8, 4) is 0 Å². The van der Waals surface area contributed by atoms with Crippen LogP contribution in [0.15, 0.2) is 17.5 Å². The first-order valence-electron chi connectivity index (χ1n) is 5.74. The van der Waals surface area contributed by atoms with E-state index < -0.39 is 0 Å². The van der Waals surface area contributed by atoms with Crippen molar-refractivity contribution < 1.29 is 14.4 Å². The van der Waals surface area contributed by atoms with Gasteiger partial charge in [-0.3, -0.25) is 14.4 Å². The Morgan fingerprint density at radius 1 is 1.28 bits per heavy atom. The van der Waals surface area contributed by atoms with Crippen LogP contribution in [0.3, 0.4) is 0 Å². The normalized spacial score (nSPS) is 9.78. The van der Waals surface area contributed by atoms with Crippen molar-refractivity contribution in [3.63, 3.8) is 0 Å². The summed E-state index contributed by atoms with van der Waals surface area (Å²) < 4.78 is 0. The molecule has 2 amide bonds. The molecule has 1 heterocycles. The van der Waals surface area contributed by atoms with E-state index in [1.807, 2.05) is 11.4 Å². The lowest BCUT2D eigenvalue weighted by molar-refractivity contribution is -0.121. The summed E-state index contributed by atoms with van der Waals surface area (Å²) in [5, 5.41) is 7.05. The molecule has 0 saturated heterocycles. The fraction of sp³-hybridized carbons (Fsp3) is 0.417. The molecule has 0 aliphatic rings. The van der Waals surface area contributed by atoms with Crippen molar-refractivity contribution in [3.05, 3.63) is 22.4 Å². The van der Waals surface area contributed by atoms with Crippen molar-refractivity contribution >= 4 is 29.4 Å². The second-order valence-corrected chi connectivity index (χ2v) is 4.62. The molecule has 2 N–H and O–H groups in total. The molecular formula is C12H16N2O3S. The van der Waals surface area contributed by atoms with Crippen LogP contribution >= 0.6 is 11.3 Å². The summed E-state index contributed by atoms with van der Waals surface area (Å²) in [6.45, 7) is 1.05. The van der Waals surface area contributed by atoms with Gasteiger partial charge in [-0.05, 0) is 17.9 Å². The number of amides is 2. The number of hydrogen-bond acceptors (Lipinski definition) is 4. The molecule has 0 aliphatic heterocycles. The van der Waals surface area contributed by atoms with Gasteiger partial charge in [0.2, 0.25) is 12.3 Å². The van der Waals surface area contributed by atoms with Crippen LogP contribution in [-0.4, -0.2) is 31.2 Å². The Kier molecular flexibility index (Phi) is 6.71. The lowest BCUT2D eigenvalue weighted by atomic mass is 10.2. The van der Waals surface area contributed by atoms with Crippen LogP contribution in [0.5, 0.6) is 0 Å². The second kappa shape index (κ2) is 8.41. The van der Waals surface area contributed by atoms with Crippen LogP contribution in [0, 0.1) is 0 Å². The maximum absolute atomic E-state index is 11.6. The van der Waals surface area contributed by atoms with E-state index in [2.05, 4.69) is 10.6 Å². The summed E-state index contributed by atoms with van der Waals surface area (Å²) in [4.78, 5) is 33.7. The standard InChI is InChI=1S/C12H16N2O3S/c15-9-13-6-2-7-14-12(17)5-4-10(16)11-3-1-8-18-11/h1,3,8-9H,2,4-7H2,(H,13,15)(H,14,17). The van der Waals surface area contributed by atoms with Crippen LogP contribution in [0.1, 0.15) is 28.9 Å². The Morgan fingerprint density at radius 2 is 2.11 bits per heavy atom. The molecule has 6 heteroatoms. The zero-order chi connectivity index (χ0) is 13.2. The molecule has 0 saturated carbocycles. The number of thiophene rings is 1. The van der Waals surface area contributed by atoms with Gasteiger partial charge >= 0.3 is 0 Å². The molecule has 18 heavy (non-hydrogen) atoms. The predicted molar refractivity (Wildman–Crippen MR) is 69.6 cm³/mol. The van der Waals surface area contributed by atoms with Crippen LogP contribution in [0.25, 0.3) is 0 Å². The zero-order valence-electron chi connectivity index (χ0n) is 9.98. The van der Waals surface area contributed by atoms with Crippen LogP contribution in [0.2, 0.25) is 0 Å². The maximum Gasteiger partial charge on any atom is 0.220 e. The second-order valence-electron chi connectivity index (χ2n) is 3.68. The molecule has 1 rings (SSSR count). The van der Waals surface area contributed by atoms with Crippen molar-refractivity contribution in [2.75, 3.05) is 13.1 Å². The highest BCUT2D eigenvalue weighted by Crippen LogP contribution is 2.12. The van der Waals surface area contributed by atoms with Gasteiger partial charge in [-0.15, -0.1) is 11.3 Å². The number of nitrogens with one attached hydrogen (secondary N) is 2. The SMILES string of the molecule is O=CNCCCNC(=O)CCC(=O)c1cccs1. The molecule has 1 aromatic heterocycles. The summed E-state index contributed by atoms with van der Waals surface area (Å²) in [5.41, 5.74) is 0. The van der Waals surface area contributed by atoms with E-state index in [0.29, 0.717) is 30.8 Å². The third-order valence-electron chi connectivity index (χ3n) is 2.28. The van der Waals surface area contributed by atoms with Crippen LogP contribution in [-0.2, 0) is 9.59 Å². The average molecular weight is 268 g/mol. The van der Waals surface area contributed by atoms with Crippen LogP contribution < -0.4 is 10.6 Å². The molecule has 0 radical (unpaired) electrons. The largest absolute Gasteiger partial charge is 0.359 e. The quantitative estimate of drug-likeness (QED) is 0.398. The van der Waals surface area contributed by atoms with Crippen molar-refractivity contribution in [1.29, 1.82) is 0 Å². The molecule has 0 spiro atoms. The summed E-state index contributed by atoms with van der Waals surface area (Å²) in [6.07, 6.45) is 1.75. The molecule has 0 fully saturated rings.